The molecule has 1 aliphatic heterocycles. The standard InChI is InChI=1S/C27H27ClN2O3.C2H4O2/c1-3-32-25-14-17(8-11-24(25)33-16-18-6-4-5-7-22(18)28)26-27-20(12-13-29-26)21-15-19(31-2)9-10-23(21)30-27;1-2(3)4/h4-11,14-15,26,29-30H,3,12-13,16H2,1-2H3;1H3,(H,3,4). The molecule has 0 fully saturated rings. The maximum atomic E-state index is 9.00. The molecule has 4 aromatic rings. The Morgan fingerprint density at radius 3 is 2.59 bits per heavy atom. The van der Waals surface area contributed by atoms with E-state index in [2.05, 4.69) is 34.6 Å². The first kappa shape index (κ1) is 26.4. The summed E-state index contributed by atoms with van der Waals surface area (Å²) in [7, 11) is 1.70. The van der Waals surface area contributed by atoms with Crippen LogP contribution in [0.5, 0.6) is 17.2 Å². The fourth-order valence-electron chi connectivity index (χ4n) is 4.48. The van der Waals surface area contributed by atoms with Crippen LogP contribution < -0.4 is 19.5 Å². The third-order valence-electron chi connectivity index (χ3n) is 6.10. The lowest BCUT2D eigenvalue weighted by molar-refractivity contribution is -0.134. The van der Waals surface area contributed by atoms with Gasteiger partial charge in [-0.1, -0.05) is 35.9 Å². The fourth-order valence-corrected chi connectivity index (χ4v) is 4.67. The summed E-state index contributed by atoms with van der Waals surface area (Å²) in [6.07, 6.45) is 0.969. The summed E-state index contributed by atoms with van der Waals surface area (Å²) in [6.45, 7) is 4.90. The molecule has 1 atom stereocenters. The molecule has 5 rings (SSSR count). The fraction of sp³-hybridized carbons (Fsp3) is 0.276. The molecule has 0 saturated carbocycles. The van der Waals surface area contributed by atoms with Crippen LogP contribution in [0.25, 0.3) is 10.9 Å². The minimum absolute atomic E-state index is 0.0453. The summed E-state index contributed by atoms with van der Waals surface area (Å²) in [5.41, 5.74) is 5.72. The van der Waals surface area contributed by atoms with E-state index in [1.54, 1.807) is 7.11 Å². The number of ether oxygens (including phenoxy) is 3. The molecule has 1 aromatic heterocycles. The predicted molar refractivity (Wildman–Crippen MR) is 145 cm³/mol. The van der Waals surface area contributed by atoms with Crippen molar-refractivity contribution in [2.45, 2.75) is 32.9 Å². The van der Waals surface area contributed by atoms with Gasteiger partial charge in [0, 0.05) is 40.7 Å². The Morgan fingerprint density at radius 2 is 1.86 bits per heavy atom. The van der Waals surface area contributed by atoms with Gasteiger partial charge in [0.25, 0.3) is 5.97 Å². The van der Waals surface area contributed by atoms with Crippen molar-refractivity contribution < 1.29 is 24.1 Å². The molecule has 1 unspecified atom stereocenters. The summed E-state index contributed by atoms with van der Waals surface area (Å²) in [6, 6.07) is 20.1. The summed E-state index contributed by atoms with van der Waals surface area (Å²) >= 11 is 6.29. The first-order valence-corrected chi connectivity index (χ1v) is 12.5. The molecule has 3 aromatic carbocycles. The van der Waals surface area contributed by atoms with Crippen LogP contribution in [0, 0.1) is 0 Å². The van der Waals surface area contributed by atoms with Gasteiger partial charge >= 0.3 is 0 Å². The minimum atomic E-state index is -0.833. The quantitative estimate of drug-likeness (QED) is 0.270. The van der Waals surface area contributed by atoms with Gasteiger partial charge in [-0.2, -0.15) is 0 Å². The topological polar surface area (TPSA) is 92.8 Å². The van der Waals surface area contributed by atoms with Crippen molar-refractivity contribution in [1.29, 1.82) is 0 Å². The van der Waals surface area contributed by atoms with Crippen LogP contribution in [0.3, 0.4) is 0 Å². The number of carboxylic acids is 1. The van der Waals surface area contributed by atoms with E-state index in [-0.39, 0.29) is 6.04 Å². The normalized spacial score (nSPS) is 14.3. The number of hydrogen-bond donors (Lipinski definition) is 3. The van der Waals surface area contributed by atoms with Crippen LogP contribution >= 0.6 is 11.6 Å². The van der Waals surface area contributed by atoms with Gasteiger partial charge in [0.15, 0.2) is 11.5 Å². The Kier molecular flexibility index (Phi) is 8.58. The number of benzene rings is 3. The van der Waals surface area contributed by atoms with Crippen LogP contribution in [0.15, 0.2) is 60.7 Å². The Balaban J connectivity index is 0.000000747. The highest BCUT2D eigenvalue weighted by atomic mass is 35.5. The van der Waals surface area contributed by atoms with E-state index < -0.39 is 5.97 Å². The maximum absolute atomic E-state index is 9.00. The summed E-state index contributed by atoms with van der Waals surface area (Å²) in [5, 5.41) is 13.0. The molecule has 0 amide bonds. The lowest BCUT2D eigenvalue weighted by Crippen LogP contribution is -2.30. The zero-order valence-electron chi connectivity index (χ0n) is 21.1. The van der Waals surface area contributed by atoms with E-state index in [1.165, 1.54) is 16.6 Å². The van der Waals surface area contributed by atoms with Gasteiger partial charge in [-0.05, 0) is 60.9 Å². The van der Waals surface area contributed by atoms with Crippen molar-refractivity contribution in [2.24, 2.45) is 0 Å². The maximum Gasteiger partial charge on any atom is 0.300 e. The first-order chi connectivity index (χ1) is 17.9. The monoisotopic (exact) mass is 522 g/mol. The van der Waals surface area contributed by atoms with Crippen molar-refractivity contribution >= 4 is 28.5 Å². The smallest absolute Gasteiger partial charge is 0.300 e. The number of methoxy groups -OCH3 is 1. The van der Waals surface area contributed by atoms with Gasteiger partial charge in [-0.25, -0.2) is 0 Å². The number of aromatic amines is 1. The van der Waals surface area contributed by atoms with E-state index in [1.807, 2.05) is 43.3 Å². The molecule has 37 heavy (non-hydrogen) atoms. The number of nitrogens with one attached hydrogen (secondary N) is 2. The molecule has 0 spiro atoms. The predicted octanol–water partition coefficient (Wildman–Crippen LogP) is 6.13. The highest BCUT2D eigenvalue weighted by Crippen LogP contribution is 2.38. The number of carbonyl (C=O) groups is 1. The molecular formula is C29H31ClN2O5. The average Bonchev–Trinajstić information content (AvgIpc) is 3.26. The van der Waals surface area contributed by atoms with Crippen molar-refractivity contribution in [3.63, 3.8) is 0 Å². The zero-order chi connectivity index (χ0) is 26.4. The Hall–Kier alpha value is -3.68. The van der Waals surface area contributed by atoms with E-state index in [0.717, 1.165) is 48.0 Å². The van der Waals surface area contributed by atoms with E-state index in [9.17, 15) is 0 Å². The van der Waals surface area contributed by atoms with Gasteiger partial charge in [0.05, 0.1) is 19.8 Å². The van der Waals surface area contributed by atoms with E-state index in [0.29, 0.717) is 24.0 Å². The highest BCUT2D eigenvalue weighted by Gasteiger charge is 2.26. The van der Waals surface area contributed by atoms with Gasteiger partial charge in [0.1, 0.15) is 12.4 Å². The molecule has 0 aliphatic carbocycles. The van der Waals surface area contributed by atoms with Gasteiger partial charge < -0.3 is 29.6 Å². The van der Waals surface area contributed by atoms with E-state index >= 15 is 0 Å². The minimum Gasteiger partial charge on any atom is -0.497 e. The Morgan fingerprint density at radius 1 is 1.08 bits per heavy atom. The average molecular weight is 523 g/mol. The molecular weight excluding hydrogens is 492 g/mol. The molecule has 0 bridgehead atoms. The van der Waals surface area contributed by atoms with Crippen molar-refractivity contribution in [3.8, 4) is 17.2 Å². The zero-order valence-corrected chi connectivity index (χ0v) is 21.9. The van der Waals surface area contributed by atoms with Crippen molar-refractivity contribution in [3.05, 3.63) is 88.1 Å². The second-order valence-electron chi connectivity index (χ2n) is 8.60. The molecule has 1 aliphatic rings. The summed E-state index contributed by atoms with van der Waals surface area (Å²) in [5.74, 6) is 1.48. The lowest BCUT2D eigenvalue weighted by atomic mass is 9.94. The largest absolute Gasteiger partial charge is 0.497 e. The molecule has 3 N–H and O–H groups in total. The van der Waals surface area contributed by atoms with Crippen LogP contribution in [0.2, 0.25) is 5.02 Å². The molecule has 0 radical (unpaired) electrons. The molecule has 2 heterocycles. The molecule has 194 valence electrons. The summed E-state index contributed by atoms with van der Waals surface area (Å²) in [4.78, 5) is 12.6. The number of fused-ring (bicyclic) bond motifs is 3. The number of halogens is 1. The molecule has 7 nitrogen and oxygen atoms in total. The van der Waals surface area contributed by atoms with Gasteiger partial charge in [0.2, 0.25) is 0 Å². The van der Waals surface area contributed by atoms with Crippen LogP contribution in [0.4, 0.5) is 0 Å². The highest BCUT2D eigenvalue weighted by molar-refractivity contribution is 6.31. The van der Waals surface area contributed by atoms with Crippen molar-refractivity contribution in [2.75, 3.05) is 20.3 Å². The summed E-state index contributed by atoms with van der Waals surface area (Å²) < 4.78 is 17.5. The number of aromatic nitrogens is 1. The van der Waals surface area contributed by atoms with Gasteiger partial charge in [-0.15, -0.1) is 0 Å². The Labute approximate surface area is 221 Å². The van der Waals surface area contributed by atoms with Crippen LogP contribution in [-0.2, 0) is 17.8 Å². The lowest BCUT2D eigenvalue weighted by Gasteiger charge is -2.25. The molecule has 8 heteroatoms. The van der Waals surface area contributed by atoms with Crippen LogP contribution in [-0.4, -0.2) is 36.3 Å². The van der Waals surface area contributed by atoms with Crippen LogP contribution in [0.1, 0.15) is 42.3 Å². The number of hydrogen-bond acceptors (Lipinski definition) is 5. The number of H-pyrrole nitrogens is 1. The third kappa shape index (κ3) is 6.18. The SMILES string of the molecule is CC(=O)O.CCOc1cc(C2NCCc3c2[nH]c2ccc(OC)cc32)ccc1OCc1ccccc1Cl. The second kappa shape index (κ2) is 12.0. The van der Waals surface area contributed by atoms with E-state index in [4.69, 9.17) is 35.7 Å². The number of aliphatic carboxylic acids is 1. The first-order valence-electron chi connectivity index (χ1n) is 12.2. The molecule has 0 saturated heterocycles. The van der Waals surface area contributed by atoms with Crippen molar-refractivity contribution in [1.82, 2.24) is 10.3 Å². The third-order valence-corrected chi connectivity index (χ3v) is 6.47. The second-order valence-corrected chi connectivity index (χ2v) is 9.01. The number of rotatable bonds is 7. The van der Waals surface area contributed by atoms with Gasteiger partial charge in [-0.3, -0.25) is 4.79 Å². The number of carboxylic acid groups (broad SMARTS) is 1. The Bertz CT molecular complexity index is 1380.